The number of ether oxygens (including phenoxy) is 2. The number of para-hydroxylation sites is 1. The van der Waals surface area contributed by atoms with Gasteiger partial charge in [-0.2, -0.15) is 0 Å². The maximum absolute atomic E-state index is 5.74. The van der Waals surface area contributed by atoms with E-state index in [-0.39, 0.29) is 0 Å². The van der Waals surface area contributed by atoms with Crippen molar-refractivity contribution in [2.75, 3.05) is 58.0 Å². The topological polar surface area (TPSA) is 58.1 Å². The standard InChI is InChI=1S/C21H34N4O2/c1-17-14-19-6-3-4-7-20(19)25(17)11-10-24-21(22-2)23-9-5-12-26-15-18-8-13-27-16-18/h3-4,6-7,17-18H,5,8-16H2,1-2H3,(H2,22,23,24). The molecule has 2 unspecified atom stereocenters. The fourth-order valence-electron chi connectivity index (χ4n) is 3.83. The summed E-state index contributed by atoms with van der Waals surface area (Å²) in [6, 6.07) is 9.27. The second-order valence-corrected chi connectivity index (χ2v) is 7.46. The minimum absolute atomic E-state index is 0.557. The number of anilines is 1. The molecule has 2 aliphatic rings. The molecule has 1 fully saturated rings. The van der Waals surface area contributed by atoms with Crippen LogP contribution < -0.4 is 15.5 Å². The SMILES string of the molecule is CN=C(NCCCOCC1CCOC1)NCCN1c2ccccc2CC1C. The monoisotopic (exact) mass is 374 g/mol. The quantitative estimate of drug-likeness (QED) is 0.394. The van der Waals surface area contributed by atoms with Crippen LogP contribution in [0, 0.1) is 5.92 Å². The molecule has 2 aliphatic heterocycles. The first kappa shape index (κ1) is 20.0. The van der Waals surface area contributed by atoms with Crippen molar-refractivity contribution in [2.45, 2.75) is 32.2 Å². The third-order valence-electron chi connectivity index (χ3n) is 5.35. The Kier molecular flexibility index (Phi) is 7.78. The van der Waals surface area contributed by atoms with E-state index in [1.165, 1.54) is 11.3 Å². The van der Waals surface area contributed by atoms with E-state index in [0.717, 1.165) is 71.3 Å². The Morgan fingerprint density at radius 3 is 2.96 bits per heavy atom. The number of nitrogens with one attached hydrogen (secondary N) is 2. The predicted octanol–water partition coefficient (Wildman–Crippen LogP) is 2.05. The van der Waals surface area contributed by atoms with Gasteiger partial charge in [0.25, 0.3) is 0 Å². The molecule has 2 heterocycles. The fourth-order valence-corrected chi connectivity index (χ4v) is 3.83. The molecule has 0 amide bonds. The molecule has 1 saturated heterocycles. The molecule has 1 aromatic carbocycles. The lowest BCUT2D eigenvalue weighted by molar-refractivity contribution is 0.0888. The number of rotatable bonds is 9. The Morgan fingerprint density at radius 2 is 2.15 bits per heavy atom. The second-order valence-electron chi connectivity index (χ2n) is 7.46. The van der Waals surface area contributed by atoms with E-state index in [1.807, 2.05) is 7.05 Å². The molecule has 6 heteroatoms. The molecule has 1 aromatic rings. The molecule has 2 N–H and O–H groups in total. The number of aliphatic imine (C=N–C) groups is 1. The Morgan fingerprint density at radius 1 is 1.30 bits per heavy atom. The number of nitrogens with zero attached hydrogens (tertiary/aromatic N) is 2. The number of hydrogen-bond donors (Lipinski definition) is 2. The molecule has 0 saturated carbocycles. The average molecular weight is 375 g/mol. The molecule has 27 heavy (non-hydrogen) atoms. The zero-order valence-corrected chi connectivity index (χ0v) is 16.7. The Balaban J connectivity index is 1.28. The van der Waals surface area contributed by atoms with Crippen LogP contribution in [0.1, 0.15) is 25.3 Å². The van der Waals surface area contributed by atoms with E-state index in [4.69, 9.17) is 9.47 Å². The van der Waals surface area contributed by atoms with Crippen molar-refractivity contribution >= 4 is 11.6 Å². The Bertz CT molecular complexity index is 602. The molecule has 0 aromatic heterocycles. The summed E-state index contributed by atoms with van der Waals surface area (Å²) in [6.07, 6.45) is 3.25. The number of fused-ring (bicyclic) bond motifs is 1. The molecule has 2 atom stereocenters. The van der Waals surface area contributed by atoms with Crippen molar-refractivity contribution in [3.8, 4) is 0 Å². The van der Waals surface area contributed by atoms with Gasteiger partial charge >= 0.3 is 0 Å². The minimum Gasteiger partial charge on any atom is -0.381 e. The maximum atomic E-state index is 5.74. The zero-order valence-electron chi connectivity index (χ0n) is 16.7. The largest absolute Gasteiger partial charge is 0.381 e. The third-order valence-corrected chi connectivity index (χ3v) is 5.35. The smallest absolute Gasteiger partial charge is 0.191 e. The summed E-state index contributed by atoms with van der Waals surface area (Å²) in [6.45, 7) is 8.36. The summed E-state index contributed by atoms with van der Waals surface area (Å²) in [5, 5.41) is 6.79. The van der Waals surface area contributed by atoms with E-state index in [9.17, 15) is 0 Å². The molecule has 3 rings (SSSR count). The zero-order chi connectivity index (χ0) is 18.9. The van der Waals surface area contributed by atoms with Crippen LogP contribution in [0.5, 0.6) is 0 Å². The fraction of sp³-hybridized carbons (Fsp3) is 0.667. The average Bonchev–Trinajstić information content (AvgIpc) is 3.30. The minimum atomic E-state index is 0.557. The number of hydrogen-bond acceptors (Lipinski definition) is 4. The van der Waals surface area contributed by atoms with Gasteiger partial charge in [-0.15, -0.1) is 0 Å². The Hall–Kier alpha value is -1.79. The van der Waals surface area contributed by atoms with Gasteiger partial charge in [0.15, 0.2) is 5.96 Å². The predicted molar refractivity (Wildman–Crippen MR) is 111 cm³/mol. The number of guanidine groups is 1. The Labute approximate surface area is 163 Å². The molecular weight excluding hydrogens is 340 g/mol. The van der Waals surface area contributed by atoms with Crippen LogP contribution in [0.2, 0.25) is 0 Å². The lowest BCUT2D eigenvalue weighted by atomic mass is 10.1. The highest BCUT2D eigenvalue weighted by Gasteiger charge is 2.24. The van der Waals surface area contributed by atoms with E-state index in [2.05, 4.69) is 51.7 Å². The molecule has 150 valence electrons. The van der Waals surface area contributed by atoms with Crippen LogP contribution in [-0.2, 0) is 15.9 Å². The van der Waals surface area contributed by atoms with E-state index >= 15 is 0 Å². The lowest BCUT2D eigenvalue weighted by Gasteiger charge is -2.25. The second kappa shape index (κ2) is 10.5. The molecule has 0 aliphatic carbocycles. The van der Waals surface area contributed by atoms with Crippen LogP contribution in [0.4, 0.5) is 5.69 Å². The van der Waals surface area contributed by atoms with Gasteiger partial charge < -0.3 is 25.0 Å². The van der Waals surface area contributed by atoms with Gasteiger partial charge in [-0.25, -0.2) is 0 Å². The van der Waals surface area contributed by atoms with Crippen molar-refractivity contribution in [3.05, 3.63) is 29.8 Å². The molecule has 0 radical (unpaired) electrons. The van der Waals surface area contributed by atoms with E-state index in [0.29, 0.717) is 12.0 Å². The first-order chi connectivity index (χ1) is 13.3. The molecular formula is C21H34N4O2. The van der Waals surface area contributed by atoms with Gasteiger partial charge in [0, 0.05) is 57.5 Å². The first-order valence-corrected chi connectivity index (χ1v) is 10.2. The summed E-state index contributed by atoms with van der Waals surface area (Å²) >= 11 is 0. The van der Waals surface area contributed by atoms with Gasteiger partial charge in [0.05, 0.1) is 13.2 Å². The summed E-state index contributed by atoms with van der Waals surface area (Å²) in [5.41, 5.74) is 2.83. The van der Waals surface area contributed by atoms with Crippen LogP contribution in [-0.4, -0.2) is 65.1 Å². The molecule has 6 nitrogen and oxygen atoms in total. The summed E-state index contributed by atoms with van der Waals surface area (Å²) in [5.74, 6) is 1.45. The normalized spacial score (nSPS) is 22.1. The van der Waals surface area contributed by atoms with Crippen molar-refractivity contribution in [2.24, 2.45) is 10.9 Å². The van der Waals surface area contributed by atoms with Gasteiger partial charge in [0.1, 0.15) is 0 Å². The van der Waals surface area contributed by atoms with Gasteiger partial charge in [-0.1, -0.05) is 18.2 Å². The van der Waals surface area contributed by atoms with Crippen molar-refractivity contribution in [1.82, 2.24) is 10.6 Å². The molecule has 0 bridgehead atoms. The highest BCUT2D eigenvalue weighted by molar-refractivity contribution is 5.79. The van der Waals surface area contributed by atoms with Crippen molar-refractivity contribution in [3.63, 3.8) is 0 Å². The van der Waals surface area contributed by atoms with Gasteiger partial charge in [-0.3, -0.25) is 4.99 Å². The lowest BCUT2D eigenvalue weighted by Crippen LogP contribution is -2.43. The molecule has 0 spiro atoms. The summed E-state index contributed by atoms with van der Waals surface area (Å²) in [4.78, 5) is 6.80. The highest BCUT2D eigenvalue weighted by Crippen LogP contribution is 2.31. The van der Waals surface area contributed by atoms with Crippen molar-refractivity contribution in [1.29, 1.82) is 0 Å². The van der Waals surface area contributed by atoms with Gasteiger partial charge in [-0.05, 0) is 37.8 Å². The van der Waals surface area contributed by atoms with Crippen molar-refractivity contribution < 1.29 is 9.47 Å². The van der Waals surface area contributed by atoms with E-state index in [1.54, 1.807) is 0 Å². The van der Waals surface area contributed by atoms with Gasteiger partial charge in [0.2, 0.25) is 0 Å². The summed E-state index contributed by atoms with van der Waals surface area (Å²) in [7, 11) is 1.82. The van der Waals surface area contributed by atoms with Crippen LogP contribution in [0.15, 0.2) is 29.3 Å². The van der Waals surface area contributed by atoms with Crippen LogP contribution in [0.25, 0.3) is 0 Å². The highest BCUT2D eigenvalue weighted by atomic mass is 16.5. The number of benzene rings is 1. The maximum Gasteiger partial charge on any atom is 0.191 e. The summed E-state index contributed by atoms with van der Waals surface area (Å²) < 4.78 is 11.1. The van der Waals surface area contributed by atoms with Crippen LogP contribution >= 0.6 is 0 Å². The van der Waals surface area contributed by atoms with Crippen LogP contribution in [0.3, 0.4) is 0 Å². The third kappa shape index (κ3) is 5.84. The van der Waals surface area contributed by atoms with E-state index < -0.39 is 0 Å². The first-order valence-electron chi connectivity index (χ1n) is 10.2.